The third kappa shape index (κ3) is 4.39. The molecule has 140 valence electrons. The fraction of sp³-hybridized carbons (Fsp3) is 0.412. The fourth-order valence-corrected chi connectivity index (χ4v) is 5.04. The molecule has 3 rings (SSSR count). The van der Waals surface area contributed by atoms with E-state index in [-0.39, 0.29) is 22.0 Å². The number of nitrogens with zero attached hydrogens (tertiary/aromatic N) is 1. The number of rotatable bonds is 5. The van der Waals surface area contributed by atoms with Gasteiger partial charge < -0.3 is 5.32 Å². The number of thiazole rings is 1. The monoisotopic (exact) mass is 397 g/mol. The minimum absolute atomic E-state index is 0.0695. The molecule has 1 aromatic heterocycles. The van der Waals surface area contributed by atoms with Crippen molar-refractivity contribution in [3.63, 3.8) is 0 Å². The van der Waals surface area contributed by atoms with Crippen molar-refractivity contribution >= 4 is 32.4 Å². The lowest BCUT2D eigenvalue weighted by Gasteiger charge is -2.22. The minimum Gasteiger partial charge on any atom is -0.349 e. The number of benzene rings is 1. The van der Waals surface area contributed by atoms with E-state index in [2.05, 4.69) is 15.0 Å². The summed E-state index contributed by atoms with van der Waals surface area (Å²) in [7, 11) is -3.89. The van der Waals surface area contributed by atoms with E-state index in [9.17, 15) is 17.6 Å². The maximum atomic E-state index is 13.0. The summed E-state index contributed by atoms with van der Waals surface area (Å²) in [5.41, 5.74) is 0.472. The molecule has 1 heterocycles. The van der Waals surface area contributed by atoms with Crippen LogP contribution in [0.15, 0.2) is 29.2 Å². The van der Waals surface area contributed by atoms with Gasteiger partial charge in [-0.05, 0) is 44.0 Å². The van der Waals surface area contributed by atoms with E-state index in [0.717, 1.165) is 49.2 Å². The number of aryl methyl sites for hydroxylation is 1. The summed E-state index contributed by atoms with van der Waals surface area (Å²) in [5.74, 6) is -0.741. The van der Waals surface area contributed by atoms with Crippen LogP contribution in [0.1, 0.15) is 47.5 Å². The summed E-state index contributed by atoms with van der Waals surface area (Å²) in [6, 6.07) is 4.66. The van der Waals surface area contributed by atoms with Crippen LogP contribution in [-0.4, -0.2) is 25.4 Å². The normalized spacial score (nSPS) is 15.6. The molecular weight excluding hydrogens is 377 g/mol. The Labute approximate surface area is 155 Å². The topological polar surface area (TPSA) is 88.2 Å². The molecule has 2 N–H and O–H groups in total. The zero-order chi connectivity index (χ0) is 18.7. The van der Waals surface area contributed by atoms with Gasteiger partial charge in [0.1, 0.15) is 10.7 Å². The molecule has 1 saturated carbocycles. The third-order valence-corrected chi connectivity index (χ3v) is 6.84. The Bertz CT molecular complexity index is 888. The van der Waals surface area contributed by atoms with Gasteiger partial charge in [0.2, 0.25) is 0 Å². The van der Waals surface area contributed by atoms with Crippen LogP contribution in [0.4, 0.5) is 9.52 Å². The van der Waals surface area contributed by atoms with Gasteiger partial charge in [-0.15, -0.1) is 0 Å². The fourth-order valence-electron chi connectivity index (χ4n) is 2.94. The highest BCUT2D eigenvalue weighted by molar-refractivity contribution is 7.93. The van der Waals surface area contributed by atoms with Crippen LogP contribution in [0.5, 0.6) is 0 Å². The largest absolute Gasteiger partial charge is 0.349 e. The zero-order valence-electron chi connectivity index (χ0n) is 14.3. The maximum Gasteiger partial charge on any atom is 0.263 e. The number of nitrogens with one attached hydrogen (secondary N) is 2. The summed E-state index contributed by atoms with van der Waals surface area (Å²) in [6.07, 6.45) is 5.34. The van der Waals surface area contributed by atoms with Crippen molar-refractivity contribution in [3.05, 3.63) is 40.7 Å². The molecule has 26 heavy (non-hydrogen) atoms. The van der Waals surface area contributed by atoms with Crippen LogP contribution in [-0.2, 0) is 10.0 Å². The van der Waals surface area contributed by atoms with Crippen LogP contribution in [0.3, 0.4) is 0 Å². The SMILES string of the molecule is Cc1nc(NS(=O)(=O)c2ccc(F)cc2)sc1C(=O)NC1CCCCC1. The molecule has 0 bridgehead atoms. The van der Waals surface area contributed by atoms with Crippen molar-refractivity contribution in [2.45, 2.75) is 50.0 Å². The number of hydrogen-bond acceptors (Lipinski definition) is 5. The second-order valence-corrected chi connectivity index (χ2v) is 8.98. The molecule has 1 fully saturated rings. The Morgan fingerprint density at radius 1 is 1.19 bits per heavy atom. The first-order valence-corrected chi connectivity index (χ1v) is 10.7. The summed E-state index contributed by atoms with van der Waals surface area (Å²) in [6.45, 7) is 1.67. The van der Waals surface area contributed by atoms with Gasteiger partial charge in [-0.2, -0.15) is 0 Å². The minimum atomic E-state index is -3.89. The number of anilines is 1. The maximum absolute atomic E-state index is 13.0. The quantitative estimate of drug-likeness (QED) is 0.809. The number of hydrogen-bond donors (Lipinski definition) is 2. The molecule has 1 aromatic carbocycles. The molecule has 9 heteroatoms. The Morgan fingerprint density at radius 3 is 2.50 bits per heavy atom. The van der Waals surface area contributed by atoms with Crippen LogP contribution in [0, 0.1) is 12.7 Å². The van der Waals surface area contributed by atoms with Gasteiger partial charge in [0, 0.05) is 6.04 Å². The van der Waals surface area contributed by atoms with Gasteiger partial charge in [-0.3, -0.25) is 9.52 Å². The van der Waals surface area contributed by atoms with Crippen LogP contribution in [0.2, 0.25) is 0 Å². The smallest absolute Gasteiger partial charge is 0.263 e. The highest BCUT2D eigenvalue weighted by Crippen LogP contribution is 2.26. The third-order valence-electron chi connectivity index (χ3n) is 4.29. The van der Waals surface area contributed by atoms with Crippen LogP contribution in [0.25, 0.3) is 0 Å². The Balaban J connectivity index is 1.73. The molecule has 0 radical (unpaired) electrons. The number of carbonyl (C=O) groups excluding carboxylic acids is 1. The average molecular weight is 397 g/mol. The zero-order valence-corrected chi connectivity index (χ0v) is 15.9. The lowest BCUT2D eigenvalue weighted by molar-refractivity contribution is 0.0931. The van der Waals surface area contributed by atoms with E-state index in [0.29, 0.717) is 10.6 Å². The van der Waals surface area contributed by atoms with Gasteiger partial charge in [-0.25, -0.2) is 17.8 Å². The number of halogens is 1. The van der Waals surface area contributed by atoms with E-state index in [1.54, 1.807) is 6.92 Å². The molecule has 0 aliphatic heterocycles. The van der Waals surface area contributed by atoms with E-state index in [1.165, 1.54) is 18.6 Å². The number of carbonyl (C=O) groups is 1. The van der Waals surface area contributed by atoms with E-state index >= 15 is 0 Å². The van der Waals surface area contributed by atoms with Crippen molar-refractivity contribution in [1.29, 1.82) is 0 Å². The van der Waals surface area contributed by atoms with Gasteiger partial charge in [0.05, 0.1) is 10.6 Å². The molecule has 0 atom stereocenters. The van der Waals surface area contributed by atoms with Crippen molar-refractivity contribution in [1.82, 2.24) is 10.3 Å². The molecule has 0 unspecified atom stereocenters. The summed E-state index contributed by atoms with van der Waals surface area (Å²) >= 11 is 0.993. The summed E-state index contributed by atoms with van der Waals surface area (Å²) in [4.78, 5) is 16.9. The highest BCUT2D eigenvalue weighted by Gasteiger charge is 2.22. The number of sulfonamides is 1. The Hall–Kier alpha value is -2.00. The second kappa shape index (κ2) is 7.71. The summed E-state index contributed by atoms with van der Waals surface area (Å²) in [5, 5.41) is 3.11. The number of amides is 1. The van der Waals surface area contributed by atoms with Crippen molar-refractivity contribution < 1.29 is 17.6 Å². The van der Waals surface area contributed by atoms with Gasteiger partial charge in [0.25, 0.3) is 15.9 Å². The van der Waals surface area contributed by atoms with Crippen molar-refractivity contribution in [2.75, 3.05) is 4.72 Å². The standard InChI is InChI=1S/C17H20FN3O3S2/c1-11-15(16(22)20-13-5-3-2-4-6-13)25-17(19-11)21-26(23,24)14-9-7-12(18)8-10-14/h7-10,13H,2-6H2,1H3,(H,19,21)(H,20,22). The Kier molecular flexibility index (Phi) is 5.57. The first kappa shape index (κ1) is 18.8. The molecule has 0 saturated heterocycles. The van der Waals surface area contributed by atoms with Crippen LogP contribution >= 0.6 is 11.3 Å². The molecule has 1 amide bonds. The summed E-state index contributed by atoms with van der Waals surface area (Å²) < 4.78 is 40.0. The predicted molar refractivity (Wildman–Crippen MR) is 98.4 cm³/mol. The first-order chi connectivity index (χ1) is 12.3. The van der Waals surface area contributed by atoms with Crippen molar-refractivity contribution in [3.8, 4) is 0 Å². The van der Waals surface area contributed by atoms with E-state index < -0.39 is 15.8 Å². The van der Waals surface area contributed by atoms with Gasteiger partial charge in [0.15, 0.2) is 5.13 Å². The second-order valence-electron chi connectivity index (χ2n) is 6.30. The van der Waals surface area contributed by atoms with Crippen LogP contribution < -0.4 is 10.0 Å². The first-order valence-electron chi connectivity index (χ1n) is 8.42. The lowest BCUT2D eigenvalue weighted by Crippen LogP contribution is -2.36. The Morgan fingerprint density at radius 2 is 1.85 bits per heavy atom. The molecule has 0 spiro atoms. The molecular formula is C17H20FN3O3S2. The van der Waals surface area contributed by atoms with Crippen molar-refractivity contribution in [2.24, 2.45) is 0 Å². The van der Waals surface area contributed by atoms with Gasteiger partial charge in [-0.1, -0.05) is 30.6 Å². The highest BCUT2D eigenvalue weighted by atomic mass is 32.2. The predicted octanol–water partition coefficient (Wildman–Crippen LogP) is 3.45. The molecule has 1 aliphatic carbocycles. The molecule has 1 aliphatic rings. The average Bonchev–Trinajstić information content (AvgIpc) is 2.96. The molecule has 6 nitrogen and oxygen atoms in total. The van der Waals surface area contributed by atoms with E-state index in [4.69, 9.17) is 0 Å². The molecule has 2 aromatic rings. The number of aromatic nitrogens is 1. The van der Waals surface area contributed by atoms with Gasteiger partial charge >= 0.3 is 0 Å². The van der Waals surface area contributed by atoms with E-state index in [1.807, 2.05) is 0 Å². The lowest BCUT2D eigenvalue weighted by atomic mass is 9.95.